The van der Waals surface area contributed by atoms with Crippen molar-refractivity contribution in [2.75, 3.05) is 11.5 Å². The number of benzene rings is 1. The molecule has 1 atom stereocenters. The maximum atomic E-state index is 11.7. The van der Waals surface area contributed by atoms with Crippen LogP contribution in [0.5, 0.6) is 0 Å². The number of aryl methyl sites for hydroxylation is 1. The van der Waals surface area contributed by atoms with Gasteiger partial charge in [-0.3, -0.25) is 4.90 Å². The van der Waals surface area contributed by atoms with E-state index in [4.69, 9.17) is 4.74 Å². The number of ether oxygens (including phenoxy) is 1. The minimum Gasteiger partial charge on any atom is -0.449 e. The molecule has 0 saturated carbocycles. The van der Waals surface area contributed by atoms with Crippen LogP contribution < -0.4 is 4.90 Å². The smallest absolute Gasteiger partial charge is 0.414 e. The van der Waals surface area contributed by atoms with Gasteiger partial charge in [0.2, 0.25) is 0 Å². The molecular weight excluding hydrogens is 202 g/mol. The number of nitrogens with zero attached hydrogens (tertiary/aromatic N) is 1. The van der Waals surface area contributed by atoms with Crippen LogP contribution in [0.25, 0.3) is 0 Å². The van der Waals surface area contributed by atoms with Crippen molar-refractivity contribution in [3.63, 3.8) is 0 Å². The molecule has 84 valence electrons. The Balaban J connectivity index is 2.31. The zero-order chi connectivity index (χ0) is 11.5. The third-order valence-electron chi connectivity index (χ3n) is 2.75. The summed E-state index contributed by atoms with van der Waals surface area (Å²) in [6.45, 7) is 6.25. The maximum Gasteiger partial charge on any atom is 0.414 e. The quantitative estimate of drug-likeness (QED) is 0.713. The van der Waals surface area contributed by atoms with Crippen molar-refractivity contribution >= 4 is 11.8 Å². The molecule has 1 aliphatic heterocycles. The van der Waals surface area contributed by atoms with Crippen LogP contribution in [-0.4, -0.2) is 18.7 Å². The van der Waals surface area contributed by atoms with Gasteiger partial charge in [0.15, 0.2) is 0 Å². The summed E-state index contributed by atoms with van der Waals surface area (Å²) < 4.78 is 5.05. The van der Waals surface area contributed by atoms with E-state index in [9.17, 15) is 4.79 Å². The summed E-state index contributed by atoms with van der Waals surface area (Å²) in [5, 5.41) is 0. The van der Waals surface area contributed by atoms with Crippen molar-refractivity contribution in [2.45, 2.75) is 19.4 Å². The lowest BCUT2D eigenvalue weighted by atomic mass is 10.1. The molecule has 3 nitrogen and oxygen atoms in total. The first-order chi connectivity index (χ1) is 7.72. The fourth-order valence-electron chi connectivity index (χ4n) is 1.83. The Hall–Kier alpha value is -1.77. The molecule has 1 heterocycles. The number of amides is 1. The van der Waals surface area contributed by atoms with Gasteiger partial charge in [0, 0.05) is 12.1 Å². The number of carbonyl (C=O) groups excluding carboxylic acids is 1. The first-order valence-electron chi connectivity index (χ1n) is 5.37. The highest BCUT2D eigenvalue weighted by Crippen LogP contribution is 2.24. The first kappa shape index (κ1) is 10.7. The Labute approximate surface area is 95.3 Å². The summed E-state index contributed by atoms with van der Waals surface area (Å²) in [5.41, 5.74) is 2.03. The average Bonchev–Trinajstić information content (AvgIpc) is 2.30. The Morgan fingerprint density at radius 1 is 1.44 bits per heavy atom. The zero-order valence-electron chi connectivity index (χ0n) is 9.35. The summed E-state index contributed by atoms with van der Waals surface area (Å²) in [4.78, 5) is 13.4. The van der Waals surface area contributed by atoms with E-state index in [2.05, 4.69) is 6.58 Å². The van der Waals surface area contributed by atoms with Crippen LogP contribution in [0.15, 0.2) is 36.9 Å². The molecule has 1 aliphatic rings. The van der Waals surface area contributed by atoms with Crippen molar-refractivity contribution in [1.29, 1.82) is 0 Å². The molecular formula is C13H15NO2. The van der Waals surface area contributed by atoms with Gasteiger partial charge in [-0.2, -0.15) is 0 Å². The van der Waals surface area contributed by atoms with E-state index in [-0.39, 0.29) is 12.1 Å². The minimum absolute atomic E-state index is 0.0314. The van der Waals surface area contributed by atoms with Crippen LogP contribution in [0, 0.1) is 6.92 Å². The van der Waals surface area contributed by atoms with Gasteiger partial charge in [-0.05, 0) is 19.1 Å². The molecule has 1 aromatic carbocycles. The van der Waals surface area contributed by atoms with Gasteiger partial charge in [-0.25, -0.2) is 4.79 Å². The summed E-state index contributed by atoms with van der Waals surface area (Å²) >= 11 is 0. The van der Waals surface area contributed by atoms with Crippen molar-refractivity contribution in [2.24, 2.45) is 0 Å². The van der Waals surface area contributed by atoms with Gasteiger partial charge in [-0.15, -0.1) is 6.58 Å². The van der Waals surface area contributed by atoms with Crippen LogP contribution in [0.3, 0.4) is 0 Å². The monoisotopic (exact) mass is 217 g/mol. The van der Waals surface area contributed by atoms with Crippen LogP contribution in [-0.2, 0) is 4.74 Å². The number of carbonyl (C=O) groups is 1. The van der Waals surface area contributed by atoms with Gasteiger partial charge in [0.05, 0.1) is 12.6 Å². The van der Waals surface area contributed by atoms with Crippen molar-refractivity contribution in [3.8, 4) is 0 Å². The predicted molar refractivity (Wildman–Crippen MR) is 63.6 cm³/mol. The molecule has 0 N–H and O–H groups in total. The SMILES string of the molecule is C=CC1CCOC(=O)N1c1ccc(C)cc1. The summed E-state index contributed by atoms with van der Waals surface area (Å²) in [6, 6.07) is 7.86. The van der Waals surface area contributed by atoms with E-state index >= 15 is 0 Å². The van der Waals surface area contributed by atoms with E-state index in [1.165, 1.54) is 5.56 Å². The van der Waals surface area contributed by atoms with Crippen molar-refractivity contribution in [1.82, 2.24) is 0 Å². The lowest BCUT2D eigenvalue weighted by Gasteiger charge is -2.33. The third kappa shape index (κ3) is 1.94. The summed E-state index contributed by atoms with van der Waals surface area (Å²) in [7, 11) is 0. The van der Waals surface area contributed by atoms with Crippen molar-refractivity contribution in [3.05, 3.63) is 42.5 Å². The lowest BCUT2D eigenvalue weighted by Crippen LogP contribution is -2.44. The summed E-state index contributed by atoms with van der Waals surface area (Å²) in [5.74, 6) is 0. The Kier molecular flexibility index (Phi) is 2.95. The topological polar surface area (TPSA) is 29.5 Å². The van der Waals surface area contributed by atoms with E-state index in [1.807, 2.05) is 31.2 Å². The molecule has 1 unspecified atom stereocenters. The van der Waals surface area contributed by atoms with Gasteiger partial charge in [0.1, 0.15) is 0 Å². The minimum atomic E-state index is -0.292. The van der Waals surface area contributed by atoms with Crippen LogP contribution in [0.2, 0.25) is 0 Å². The molecule has 1 aromatic rings. The average molecular weight is 217 g/mol. The Bertz CT molecular complexity index is 397. The van der Waals surface area contributed by atoms with Gasteiger partial charge >= 0.3 is 6.09 Å². The number of anilines is 1. The molecule has 1 fully saturated rings. The molecule has 1 saturated heterocycles. The normalized spacial score (nSPS) is 20.4. The molecule has 2 rings (SSSR count). The molecule has 16 heavy (non-hydrogen) atoms. The van der Waals surface area contributed by atoms with Crippen LogP contribution in [0.4, 0.5) is 10.5 Å². The third-order valence-corrected chi connectivity index (χ3v) is 2.75. The maximum absolute atomic E-state index is 11.7. The second kappa shape index (κ2) is 4.39. The van der Waals surface area contributed by atoms with E-state index in [0.29, 0.717) is 6.61 Å². The van der Waals surface area contributed by atoms with Crippen LogP contribution >= 0.6 is 0 Å². The van der Waals surface area contributed by atoms with Crippen molar-refractivity contribution < 1.29 is 9.53 Å². The highest BCUT2D eigenvalue weighted by atomic mass is 16.6. The van der Waals surface area contributed by atoms with Gasteiger partial charge in [-0.1, -0.05) is 23.8 Å². The Morgan fingerprint density at radius 2 is 2.12 bits per heavy atom. The molecule has 0 aliphatic carbocycles. The molecule has 0 spiro atoms. The molecule has 3 heteroatoms. The predicted octanol–water partition coefficient (Wildman–Crippen LogP) is 2.90. The second-order valence-corrected chi connectivity index (χ2v) is 3.91. The molecule has 1 amide bonds. The van der Waals surface area contributed by atoms with E-state index in [1.54, 1.807) is 11.0 Å². The number of hydrogen-bond acceptors (Lipinski definition) is 2. The molecule has 0 radical (unpaired) electrons. The largest absolute Gasteiger partial charge is 0.449 e. The lowest BCUT2D eigenvalue weighted by molar-refractivity contribution is 0.134. The second-order valence-electron chi connectivity index (χ2n) is 3.91. The van der Waals surface area contributed by atoms with E-state index in [0.717, 1.165) is 12.1 Å². The van der Waals surface area contributed by atoms with Gasteiger partial charge in [0.25, 0.3) is 0 Å². The van der Waals surface area contributed by atoms with E-state index < -0.39 is 0 Å². The number of cyclic esters (lactones) is 1. The highest BCUT2D eigenvalue weighted by molar-refractivity contribution is 5.89. The fourth-order valence-corrected chi connectivity index (χ4v) is 1.83. The molecule has 0 aromatic heterocycles. The van der Waals surface area contributed by atoms with Crippen LogP contribution in [0.1, 0.15) is 12.0 Å². The molecule has 0 bridgehead atoms. The van der Waals surface area contributed by atoms with Gasteiger partial charge < -0.3 is 4.74 Å². The number of rotatable bonds is 2. The fraction of sp³-hybridized carbons (Fsp3) is 0.308. The summed E-state index contributed by atoms with van der Waals surface area (Å²) in [6.07, 6.45) is 2.30. The first-order valence-corrected chi connectivity index (χ1v) is 5.37. The zero-order valence-corrected chi connectivity index (χ0v) is 9.35. The number of hydrogen-bond donors (Lipinski definition) is 0. The highest BCUT2D eigenvalue weighted by Gasteiger charge is 2.28. The Morgan fingerprint density at radius 3 is 2.75 bits per heavy atom. The standard InChI is InChI=1S/C13H15NO2/c1-3-11-8-9-16-13(15)14(11)12-6-4-10(2)5-7-12/h3-7,11H,1,8-9H2,2H3.